The van der Waals surface area contributed by atoms with Crippen LogP contribution in [0.15, 0.2) is 12.3 Å². The molecule has 2 rings (SSSR count). The molecule has 9 heavy (non-hydrogen) atoms. The lowest BCUT2D eigenvalue weighted by atomic mass is 10.5. The van der Waals surface area contributed by atoms with Gasteiger partial charge in [-0.3, -0.25) is 0 Å². The summed E-state index contributed by atoms with van der Waals surface area (Å²) in [5.41, 5.74) is 1.03. The number of aromatic nitrogens is 2. The van der Waals surface area contributed by atoms with Crippen LogP contribution in [0.2, 0.25) is 0 Å². The van der Waals surface area contributed by atoms with Crippen LogP contribution in [0.5, 0.6) is 0 Å². The molecule has 0 saturated carbocycles. The Morgan fingerprint density at radius 2 is 2.44 bits per heavy atom. The van der Waals surface area contributed by atoms with Crippen LogP contribution in [0.4, 0.5) is 11.5 Å². The smallest absolute Gasteiger partial charge is 0.173 e. The first-order chi connectivity index (χ1) is 4.47. The Kier molecular flexibility index (Phi) is 0.798. The Morgan fingerprint density at radius 3 is 3.33 bits per heavy atom. The summed E-state index contributed by atoms with van der Waals surface area (Å²) < 4.78 is 0. The van der Waals surface area contributed by atoms with Gasteiger partial charge in [-0.1, -0.05) is 0 Å². The van der Waals surface area contributed by atoms with E-state index in [9.17, 15) is 0 Å². The van der Waals surface area contributed by atoms with Crippen LogP contribution in [-0.4, -0.2) is 16.9 Å². The van der Waals surface area contributed by atoms with Crippen molar-refractivity contribution in [3.05, 3.63) is 12.3 Å². The summed E-state index contributed by atoms with van der Waals surface area (Å²) in [6, 6.07) is 1.89. The zero-order valence-electron chi connectivity index (χ0n) is 4.76. The third-order valence-corrected chi connectivity index (χ3v) is 1.26. The standard InChI is InChI=1S/C5H6N4/c1-2-8-9-5-4(1)6-3-7-5/h1-2,6H,3H2,(H,7,9). The van der Waals surface area contributed by atoms with E-state index < -0.39 is 0 Å². The Hall–Kier alpha value is -1.32. The molecule has 0 radical (unpaired) electrons. The van der Waals surface area contributed by atoms with E-state index in [-0.39, 0.29) is 0 Å². The first kappa shape index (κ1) is 4.55. The maximum atomic E-state index is 3.84. The van der Waals surface area contributed by atoms with Gasteiger partial charge in [-0.2, -0.15) is 5.10 Å². The molecular formula is C5H6N4. The Bertz CT molecular complexity index is 199. The molecule has 0 amide bonds. The highest BCUT2D eigenvalue weighted by atomic mass is 15.3. The van der Waals surface area contributed by atoms with Gasteiger partial charge >= 0.3 is 0 Å². The quantitative estimate of drug-likeness (QED) is 0.518. The highest BCUT2D eigenvalue weighted by molar-refractivity contribution is 5.67. The van der Waals surface area contributed by atoms with Crippen molar-refractivity contribution in [3.63, 3.8) is 0 Å². The second-order valence-corrected chi connectivity index (χ2v) is 1.82. The summed E-state index contributed by atoms with van der Waals surface area (Å²) in [7, 11) is 0. The molecule has 0 aromatic carbocycles. The molecule has 4 nitrogen and oxygen atoms in total. The van der Waals surface area contributed by atoms with Gasteiger partial charge in [-0.05, 0) is 6.07 Å². The van der Waals surface area contributed by atoms with Crippen LogP contribution < -0.4 is 10.6 Å². The molecule has 2 N–H and O–H groups in total. The zero-order chi connectivity index (χ0) is 6.10. The molecule has 2 heterocycles. The first-order valence-electron chi connectivity index (χ1n) is 2.76. The van der Waals surface area contributed by atoms with Crippen molar-refractivity contribution in [2.75, 3.05) is 17.3 Å². The third-order valence-electron chi connectivity index (χ3n) is 1.26. The highest BCUT2D eigenvalue weighted by Crippen LogP contribution is 2.19. The summed E-state index contributed by atoms with van der Waals surface area (Å²) in [5, 5.41) is 13.6. The van der Waals surface area contributed by atoms with Crippen molar-refractivity contribution in [2.45, 2.75) is 0 Å². The molecule has 4 heteroatoms. The van der Waals surface area contributed by atoms with Crippen molar-refractivity contribution in [1.82, 2.24) is 10.2 Å². The lowest BCUT2D eigenvalue weighted by Gasteiger charge is -1.90. The van der Waals surface area contributed by atoms with Crippen LogP contribution in [-0.2, 0) is 0 Å². The molecule has 0 unspecified atom stereocenters. The average molecular weight is 122 g/mol. The summed E-state index contributed by atoms with van der Waals surface area (Å²) in [6.45, 7) is 0.758. The fourth-order valence-corrected chi connectivity index (χ4v) is 0.828. The van der Waals surface area contributed by atoms with Gasteiger partial charge in [-0.15, -0.1) is 5.10 Å². The third kappa shape index (κ3) is 0.595. The Balaban J connectivity index is 2.54. The van der Waals surface area contributed by atoms with Crippen LogP contribution in [0.25, 0.3) is 0 Å². The highest BCUT2D eigenvalue weighted by Gasteiger charge is 2.07. The minimum atomic E-state index is 0.758. The van der Waals surface area contributed by atoms with Gasteiger partial charge in [0, 0.05) is 0 Å². The summed E-state index contributed by atoms with van der Waals surface area (Å²) in [5.74, 6) is 0.845. The van der Waals surface area contributed by atoms with Crippen LogP contribution in [0.3, 0.4) is 0 Å². The van der Waals surface area contributed by atoms with E-state index >= 15 is 0 Å². The molecular weight excluding hydrogens is 116 g/mol. The van der Waals surface area contributed by atoms with Crippen molar-refractivity contribution in [3.8, 4) is 0 Å². The zero-order valence-corrected chi connectivity index (χ0v) is 4.76. The van der Waals surface area contributed by atoms with E-state index in [4.69, 9.17) is 0 Å². The van der Waals surface area contributed by atoms with Gasteiger partial charge in [0.05, 0.1) is 18.6 Å². The number of rotatable bonds is 0. The number of anilines is 2. The van der Waals surface area contributed by atoms with Crippen molar-refractivity contribution < 1.29 is 0 Å². The fourth-order valence-electron chi connectivity index (χ4n) is 0.828. The predicted octanol–water partition coefficient (Wildman–Crippen LogP) is 0.271. The van der Waals surface area contributed by atoms with Gasteiger partial charge in [0.15, 0.2) is 5.82 Å². The van der Waals surface area contributed by atoms with Gasteiger partial charge < -0.3 is 10.6 Å². The van der Waals surface area contributed by atoms with E-state index in [0.717, 1.165) is 18.2 Å². The van der Waals surface area contributed by atoms with Crippen LogP contribution >= 0.6 is 0 Å². The molecule has 46 valence electrons. The SMILES string of the molecule is c1cc2c(nn1)NCN2. The van der Waals surface area contributed by atoms with Gasteiger partial charge in [0.2, 0.25) is 0 Å². The van der Waals surface area contributed by atoms with E-state index in [1.807, 2.05) is 6.07 Å². The molecule has 0 aliphatic carbocycles. The Labute approximate surface area is 52.3 Å². The summed E-state index contributed by atoms with van der Waals surface area (Å²) in [6.07, 6.45) is 1.67. The van der Waals surface area contributed by atoms with E-state index in [2.05, 4.69) is 20.8 Å². The molecule has 0 bridgehead atoms. The lowest BCUT2D eigenvalue weighted by Crippen LogP contribution is -1.99. The lowest BCUT2D eigenvalue weighted by molar-refractivity contribution is 1.04. The van der Waals surface area contributed by atoms with E-state index in [0.29, 0.717) is 0 Å². The largest absolute Gasteiger partial charge is 0.365 e. The minimum absolute atomic E-state index is 0.758. The number of nitrogens with one attached hydrogen (secondary N) is 2. The van der Waals surface area contributed by atoms with Crippen molar-refractivity contribution >= 4 is 11.5 Å². The average Bonchev–Trinajstić information content (AvgIpc) is 2.33. The molecule has 1 aliphatic rings. The van der Waals surface area contributed by atoms with Gasteiger partial charge in [0.25, 0.3) is 0 Å². The molecule has 1 aromatic heterocycles. The monoisotopic (exact) mass is 122 g/mol. The topological polar surface area (TPSA) is 49.8 Å². The number of fused-ring (bicyclic) bond motifs is 1. The van der Waals surface area contributed by atoms with Crippen molar-refractivity contribution in [1.29, 1.82) is 0 Å². The molecule has 0 atom stereocenters. The van der Waals surface area contributed by atoms with E-state index in [1.54, 1.807) is 6.20 Å². The maximum absolute atomic E-state index is 3.84. The van der Waals surface area contributed by atoms with Gasteiger partial charge in [-0.25, -0.2) is 0 Å². The minimum Gasteiger partial charge on any atom is -0.365 e. The molecule has 1 aromatic rings. The van der Waals surface area contributed by atoms with Crippen LogP contribution in [0, 0.1) is 0 Å². The number of hydrogen-bond donors (Lipinski definition) is 2. The van der Waals surface area contributed by atoms with Crippen LogP contribution in [0.1, 0.15) is 0 Å². The molecule has 1 aliphatic heterocycles. The van der Waals surface area contributed by atoms with Crippen molar-refractivity contribution in [2.24, 2.45) is 0 Å². The predicted molar refractivity (Wildman–Crippen MR) is 34.1 cm³/mol. The molecule has 0 spiro atoms. The number of hydrogen-bond acceptors (Lipinski definition) is 4. The molecule has 0 saturated heterocycles. The van der Waals surface area contributed by atoms with E-state index in [1.165, 1.54) is 0 Å². The maximum Gasteiger partial charge on any atom is 0.173 e. The first-order valence-corrected chi connectivity index (χ1v) is 2.76. The summed E-state index contributed by atoms with van der Waals surface area (Å²) >= 11 is 0. The normalized spacial score (nSPS) is 13.8. The fraction of sp³-hybridized carbons (Fsp3) is 0.200. The summed E-state index contributed by atoms with van der Waals surface area (Å²) in [4.78, 5) is 0. The van der Waals surface area contributed by atoms with Gasteiger partial charge in [0.1, 0.15) is 0 Å². The second kappa shape index (κ2) is 1.58. The molecule has 0 fully saturated rings. The Morgan fingerprint density at radius 1 is 1.44 bits per heavy atom. The number of nitrogens with zero attached hydrogens (tertiary/aromatic N) is 2. The second-order valence-electron chi connectivity index (χ2n) is 1.82.